The minimum atomic E-state index is -0.0543. The number of thiazole rings is 1. The van der Waals surface area contributed by atoms with E-state index in [0.717, 1.165) is 45.5 Å². The van der Waals surface area contributed by atoms with Gasteiger partial charge >= 0.3 is 0 Å². The smallest absolute Gasteiger partial charge is 0.253 e. The lowest BCUT2D eigenvalue weighted by molar-refractivity contribution is 0.0936. The molecule has 170 valence electrons. The molecule has 0 spiro atoms. The highest BCUT2D eigenvalue weighted by molar-refractivity contribution is 7.13. The molecule has 3 aromatic heterocycles. The highest BCUT2D eigenvalue weighted by Crippen LogP contribution is 2.33. The molecular formula is C25H32N4O2S. The molecule has 1 amide bonds. The van der Waals surface area contributed by atoms with Gasteiger partial charge in [0.2, 0.25) is 0 Å². The Morgan fingerprint density at radius 2 is 2.06 bits per heavy atom. The van der Waals surface area contributed by atoms with Crippen LogP contribution in [-0.4, -0.2) is 40.7 Å². The Bertz CT molecular complexity index is 1050. The first kappa shape index (κ1) is 22.7. The molecule has 1 N–H and O–H groups in total. The lowest BCUT2D eigenvalue weighted by atomic mass is 9.89. The average molecular weight is 453 g/mol. The van der Waals surface area contributed by atoms with Crippen LogP contribution in [0.15, 0.2) is 29.8 Å². The van der Waals surface area contributed by atoms with Gasteiger partial charge in [-0.15, -0.1) is 11.3 Å². The third kappa shape index (κ3) is 5.10. The molecule has 3 aromatic rings. The number of rotatable bonds is 8. The summed E-state index contributed by atoms with van der Waals surface area (Å²) in [6, 6.07) is 6.08. The van der Waals surface area contributed by atoms with E-state index in [0.29, 0.717) is 19.1 Å². The summed E-state index contributed by atoms with van der Waals surface area (Å²) in [5, 5.41) is 6.01. The maximum atomic E-state index is 12.9. The third-order valence-corrected chi connectivity index (χ3v) is 7.18. The van der Waals surface area contributed by atoms with E-state index < -0.39 is 0 Å². The monoisotopic (exact) mass is 452 g/mol. The number of ether oxygens (including phenoxy) is 1. The van der Waals surface area contributed by atoms with Crippen molar-refractivity contribution >= 4 is 17.2 Å². The van der Waals surface area contributed by atoms with Crippen LogP contribution in [-0.2, 0) is 11.3 Å². The Hall–Kier alpha value is -2.51. The lowest BCUT2D eigenvalue weighted by Crippen LogP contribution is -2.27. The molecule has 7 heteroatoms. The Kier molecular flexibility index (Phi) is 7.37. The maximum Gasteiger partial charge on any atom is 0.253 e. The summed E-state index contributed by atoms with van der Waals surface area (Å²) >= 11 is 1.62. The van der Waals surface area contributed by atoms with Crippen LogP contribution in [0.2, 0.25) is 0 Å². The standard InChI is InChI=1S/C25H32N4O2S/c1-17-9-10-20(14-27-17)25-28-22(16-32-25)23-13-21(24(30)26-11-12-31-3)18(2)29(23)15-19-7-5-4-6-8-19/h9-10,13-14,16,19H,4-8,11-12,15H2,1-3H3,(H,26,30). The number of hydrogen-bond acceptors (Lipinski definition) is 5. The topological polar surface area (TPSA) is 69.0 Å². The van der Waals surface area contributed by atoms with Crippen LogP contribution in [0.4, 0.5) is 0 Å². The summed E-state index contributed by atoms with van der Waals surface area (Å²) in [4.78, 5) is 22.2. The molecule has 32 heavy (non-hydrogen) atoms. The quantitative estimate of drug-likeness (QED) is 0.474. The minimum Gasteiger partial charge on any atom is -0.383 e. The summed E-state index contributed by atoms with van der Waals surface area (Å²) < 4.78 is 7.39. The van der Waals surface area contributed by atoms with Gasteiger partial charge in [0.15, 0.2) is 0 Å². The normalized spacial score (nSPS) is 14.6. The minimum absolute atomic E-state index is 0.0543. The number of amides is 1. The molecule has 0 saturated heterocycles. The number of methoxy groups -OCH3 is 1. The Labute approximate surface area is 194 Å². The Balaban J connectivity index is 1.66. The lowest BCUT2D eigenvalue weighted by Gasteiger charge is -2.24. The van der Waals surface area contributed by atoms with Crippen LogP contribution < -0.4 is 5.32 Å². The molecule has 0 unspecified atom stereocenters. The van der Waals surface area contributed by atoms with Gasteiger partial charge in [-0.05, 0) is 50.8 Å². The average Bonchev–Trinajstić information content (AvgIpc) is 3.41. The zero-order valence-electron chi connectivity index (χ0n) is 19.2. The summed E-state index contributed by atoms with van der Waals surface area (Å²) in [6.45, 7) is 5.97. The van der Waals surface area contributed by atoms with E-state index in [-0.39, 0.29) is 5.91 Å². The van der Waals surface area contributed by atoms with E-state index in [1.807, 2.05) is 25.3 Å². The second-order valence-electron chi connectivity index (χ2n) is 8.62. The highest BCUT2D eigenvalue weighted by atomic mass is 32.1. The van der Waals surface area contributed by atoms with Crippen molar-refractivity contribution in [1.29, 1.82) is 0 Å². The summed E-state index contributed by atoms with van der Waals surface area (Å²) in [5.41, 5.74) is 5.68. The van der Waals surface area contributed by atoms with Crippen LogP contribution in [0.25, 0.3) is 22.0 Å². The fourth-order valence-corrected chi connectivity index (χ4v) is 5.24. The van der Waals surface area contributed by atoms with Crippen LogP contribution in [0, 0.1) is 19.8 Å². The van der Waals surface area contributed by atoms with E-state index >= 15 is 0 Å². The van der Waals surface area contributed by atoms with Crippen molar-refractivity contribution in [2.45, 2.75) is 52.5 Å². The fourth-order valence-electron chi connectivity index (χ4n) is 4.43. The molecule has 0 radical (unpaired) electrons. The second-order valence-corrected chi connectivity index (χ2v) is 9.48. The van der Waals surface area contributed by atoms with E-state index in [9.17, 15) is 4.79 Å². The molecule has 0 aromatic carbocycles. The molecule has 0 bridgehead atoms. The first-order chi connectivity index (χ1) is 15.6. The van der Waals surface area contributed by atoms with Gasteiger partial charge in [0.1, 0.15) is 5.01 Å². The molecular weight excluding hydrogens is 420 g/mol. The van der Waals surface area contributed by atoms with Crippen molar-refractivity contribution in [2.75, 3.05) is 20.3 Å². The second kappa shape index (κ2) is 10.4. The third-order valence-electron chi connectivity index (χ3n) is 6.29. The van der Waals surface area contributed by atoms with Crippen molar-refractivity contribution in [3.63, 3.8) is 0 Å². The molecule has 1 aliphatic carbocycles. The zero-order valence-corrected chi connectivity index (χ0v) is 20.0. The summed E-state index contributed by atoms with van der Waals surface area (Å²) in [7, 11) is 1.64. The number of nitrogens with one attached hydrogen (secondary N) is 1. The Morgan fingerprint density at radius 3 is 2.78 bits per heavy atom. The molecule has 1 aliphatic rings. The van der Waals surface area contributed by atoms with Gasteiger partial charge in [-0.1, -0.05) is 19.3 Å². The van der Waals surface area contributed by atoms with Gasteiger partial charge in [0.05, 0.1) is 23.6 Å². The van der Waals surface area contributed by atoms with Crippen molar-refractivity contribution in [3.05, 3.63) is 46.7 Å². The van der Waals surface area contributed by atoms with Gasteiger partial charge in [-0.2, -0.15) is 0 Å². The number of nitrogens with zero attached hydrogens (tertiary/aromatic N) is 3. The Morgan fingerprint density at radius 1 is 1.25 bits per heavy atom. The predicted octanol–water partition coefficient (Wildman–Crippen LogP) is 5.25. The number of hydrogen-bond donors (Lipinski definition) is 1. The summed E-state index contributed by atoms with van der Waals surface area (Å²) in [6.07, 6.45) is 8.31. The van der Waals surface area contributed by atoms with E-state index in [4.69, 9.17) is 9.72 Å². The van der Waals surface area contributed by atoms with Crippen molar-refractivity contribution in [2.24, 2.45) is 5.92 Å². The highest BCUT2D eigenvalue weighted by Gasteiger charge is 2.23. The molecule has 4 rings (SSSR count). The van der Waals surface area contributed by atoms with Crippen molar-refractivity contribution in [1.82, 2.24) is 19.9 Å². The molecule has 6 nitrogen and oxygen atoms in total. The number of aromatic nitrogens is 3. The van der Waals surface area contributed by atoms with E-state index in [2.05, 4.69) is 33.2 Å². The van der Waals surface area contributed by atoms with Crippen LogP contribution in [0.1, 0.15) is 53.8 Å². The molecule has 0 aliphatic heterocycles. The van der Waals surface area contributed by atoms with Gasteiger partial charge in [-0.25, -0.2) is 4.98 Å². The van der Waals surface area contributed by atoms with Gasteiger partial charge in [0.25, 0.3) is 5.91 Å². The summed E-state index contributed by atoms with van der Waals surface area (Å²) in [5.74, 6) is 0.596. The van der Waals surface area contributed by atoms with E-state index in [1.165, 1.54) is 32.1 Å². The number of carbonyl (C=O) groups is 1. The first-order valence-electron chi connectivity index (χ1n) is 11.4. The largest absolute Gasteiger partial charge is 0.383 e. The molecule has 1 saturated carbocycles. The number of pyridine rings is 1. The van der Waals surface area contributed by atoms with E-state index in [1.54, 1.807) is 18.4 Å². The first-order valence-corrected chi connectivity index (χ1v) is 12.3. The van der Waals surface area contributed by atoms with Gasteiger partial charge in [-0.3, -0.25) is 9.78 Å². The van der Waals surface area contributed by atoms with Gasteiger partial charge < -0.3 is 14.6 Å². The molecule has 3 heterocycles. The maximum absolute atomic E-state index is 12.9. The van der Waals surface area contributed by atoms with Crippen molar-refractivity contribution < 1.29 is 9.53 Å². The van der Waals surface area contributed by atoms with Gasteiger partial charge in [0, 0.05) is 48.7 Å². The van der Waals surface area contributed by atoms with Crippen LogP contribution in [0.3, 0.4) is 0 Å². The molecule has 1 fully saturated rings. The molecule has 0 atom stereocenters. The van der Waals surface area contributed by atoms with Crippen LogP contribution >= 0.6 is 11.3 Å². The fraction of sp³-hybridized carbons (Fsp3) is 0.480. The number of carbonyl (C=O) groups excluding carboxylic acids is 1. The van der Waals surface area contributed by atoms with Crippen molar-refractivity contribution in [3.8, 4) is 22.0 Å². The zero-order chi connectivity index (χ0) is 22.5. The predicted molar refractivity (Wildman–Crippen MR) is 129 cm³/mol. The SMILES string of the molecule is COCCNC(=O)c1cc(-c2csc(-c3ccc(C)nc3)n2)n(CC2CCCCC2)c1C. The van der Waals surface area contributed by atoms with Crippen LogP contribution in [0.5, 0.6) is 0 Å². The number of aryl methyl sites for hydroxylation is 1.